The van der Waals surface area contributed by atoms with Crippen molar-refractivity contribution in [1.82, 2.24) is 10.6 Å². The van der Waals surface area contributed by atoms with Gasteiger partial charge < -0.3 is 15.4 Å². The van der Waals surface area contributed by atoms with Crippen molar-refractivity contribution in [3.63, 3.8) is 0 Å². The largest absolute Gasteiger partial charge is 0.456 e. The summed E-state index contributed by atoms with van der Waals surface area (Å²) in [5.74, 6) is -1.95. The van der Waals surface area contributed by atoms with E-state index in [2.05, 4.69) is 10.6 Å². The molecule has 2 aromatic rings. The van der Waals surface area contributed by atoms with E-state index in [0.29, 0.717) is 16.1 Å². The molecule has 0 aliphatic carbocycles. The van der Waals surface area contributed by atoms with E-state index < -0.39 is 30.3 Å². The molecule has 8 heteroatoms. The lowest BCUT2D eigenvalue weighted by molar-refractivity contribution is -0.149. The number of carbonyl (C=O) groups excluding carboxylic acids is 3. The average molecular weight is 407 g/mol. The summed E-state index contributed by atoms with van der Waals surface area (Å²) in [5.41, 5.74) is 1.01. The molecule has 2 amide bonds. The van der Waals surface area contributed by atoms with Gasteiger partial charge in [-0.15, -0.1) is 0 Å². The molecule has 0 aliphatic heterocycles. The Morgan fingerprint density at radius 1 is 1.11 bits per heavy atom. The van der Waals surface area contributed by atoms with Gasteiger partial charge in [-0.1, -0.05) is 41.9 Å². The van der Waals surface area contributed by atoms with E-state index in [1.807, 2.05) is 0 Å². The van der Waals surface area contributed by atoms with Crippen LogP contribution in [0.5, 0.6) is 0 Å². The molecule has 0 bridgehead atoms. The minimum Gasteiger partial charge on any atom is -0.456 e. The number of carbonyl (C=O) groups is 3. The maximum atomic E-state index is 13.5. The number of benzene rings is 2. The van der Waals surface area contributed by atoms with Gasteiger partial charge in [0.25, 0.3) is 5.91 Å². The van der Waals surface area contributed by atoms with Crippen molar-refractivity contribution in [3.05, 3.63) is 70.5 Å². The van der Waals surface area contributed by atoms with Gasteiger partial charge in [-0.25, -0.2) is 4.39 Å². The van der Waals surface area contributed by atoms with Crippen LogP contribution in [0, 0.1) is 5.82 Å². The monoisotopic (exact) mass is 406 g/mol. The number of amides is 2. The second kappa shape index (κ2) is 10.4. The molecule has 2 N–H and O–H groups in total. The summed E-state index contributed by atoms with van der Waals surface area (Å²) >= 11 is 5.85. The van der Waals surface area contributed by atoms with Gasteiger partial charge in [0.1, 0.15) is 5.82 Å². The van der Waals surface area contributed by atoms with Crippen LogP contribution < -0.4 is 10.6 Å². The van der Waals surface area contributed by atoms with E-state index >= 15 is 0 Å². The molecule has 0 heterocycles. The Kier molecular flexibility index (Phi) is 7.95. The minimum absolute atomic E-state index is 0.0116. The first-order valence-electron chi connectivity index (χ1n) is 8.53. The van der Waals surface area contributed by atoms with Crippen LogP contribution in [0.15, 0.2) is 48.5 Å². The molecule has 6 nitrogen and oxygen atoms in total. The highest BCUT2D eigenvalue weighted by Gasteiger charge is 2.19. The SMILES string of the molecule is CC(=O)NC(CC(=O)OCC(=O)NCc1ccccc1F)c1ccc(Cl)cc1. The third-order valence-electron chi connectivity index (χ3n) is 3.82. The first-order chi connectivity index (χ1) is 13.3. The van der Waals surface area contributed by atoms with Crippen molar-refractivity contribution < 1.29 is 23.5 Å². The molecule has 0 saturated heterocycles. The van der Waals surface area contributed by atoms with Crippen molar-refractivity contribution in [2.75, 3.05) is 6.61 Å². The zero-order chi connectivity index (χ0) is 20.5. The molecule has 148 valence electrons. The van der Waals surface area contributed by atoms with Crippen molar-refractivity contribution >= 4 is 29.4 Å². The fourth-order valence-electron chi connectivity index (χ4n) is 2.45. The zero-order valence-electron chi connectivity index (χ0n) is 15.2. The molecule has 1 unspecified atom stereocenters. The number of esters is 1. The summed E-state index contributed by atoms with van der Waals surface area (Å²) in [5, 5.41) is 5.67. The molecule has 0 radical (unpaired) electrons. The van der Waals surface area contributed by atoms with E-state index in [4.69, 9.17) is 16.3 Å². The molecule has 1 atom stereocenters. The minimum atomic E-state index is -0.658. The van der Waals surface area contributed by atoms with Crippen molar-refractivity contribution in [2.45, 2.75) is 25.9 Å². The highest BCUT2D eigenvalue weighted by atomic mass is 35.5. The van der Waals surface area contributed by atoms with Crippen LogP contribution in [0.1, 0.15) is 30.5 Å². The van der Waals surface area contributed by atoms with E-state index in [9.17, 15) is 18.8 Å². The molecule has 0 spiro atoms. The molecule has 0 aliphatic rings. The van der Waals surface area contributed by atoms with E-state index in [1.165, 1.54) is 13.0 Å². The lowest BCUT2D eigenvalue weighted by Crippen LogP contribution is -2.31. The summed E-state index contributed by atoms with van der Waals surface area (Å²) in [7, 11) is 0. The van der Waals surface area contributed by atoms with Crippen LogP contribution in [-0.2, 0) is 25.7 Å². The van der Waals surface area contributed by atoms with Gasteiger partial charge >= 0.3 is 5.97 Å². The van der Waals surface area contributed by atoms with Crippen LogP contribution in [0.4, 0.5) is 4.39 Å². The maximum Gasteiger partial charge on any atom is 0.308 e. The summed E-state index contributed by atoms with van der Waals surface area (Å²) in [6.45, 7) is 0.827. The van der Waals surface area contributed by atoms with E-state index in [1.54, 1.807) is 42.5 Å². The fourth-order valence-corrected chi connectivity index (χ4v) is 2.58. The Morgan fingerprint density at radius 3 is 2.43 bits per heavy atom. The lowest BCUT2D eigenvalue weighted by atomic mass is 10.0. The molecule has 28 heavy (non-hydrogen) atoms. The summed E-state index contributed by atoms with van der Waals surface area (Å²) < 4.78 is 18.5. The smallest absolute Gasteiger partial charge is 0.308 e. The van der Waals surface area contributed by atoms with Gasteiger partial charge in [0.15, 0.2) is 6.61 Å². The second-order valence-corrected chi connectivity index (χ2v) is 6.47. The summed E-state index contributed by atoms with van der Waals surface area (Å²) in [4.78, 5) is 35.3. The van der Waals surface area contributed by atoms with Crippen LogP contribution >= 0.6 is 11.6 Å². The summed E-state index contributed by atoms with van der Waals surface area (Å²) in [6.07, 6.45) is -0.151. The Morgan fingerprint density at radius 2 is 1.79 bits per heavy atom. The standard InChI is InChI=1S/C20H20ClFN2O4/c1-13(25)24-18(14-6-8-16(21)9-7-14)10-20(27)28-12-19(26)23-11-15-4-2-3-5-17(15)22/h2-9,18H,10-12H2,1H3,(H,23,26)(H,24,25). The molecule has 0 saturated carbocycles. The first-order valence-corrected chi connectivity index (χ1v) is 8.91. The van der Waals surface area contributed by atoms with Crippen molar-refractivity contribution in [1.29, 1.82) is 0 Å². The summed E-state index contributed by atoms with van der Waals surface area (Å²) in [6, 6.07) is 12.1. The van der Waals surface area contributed by atoms with E-state index in [-0.39, 0.29) is 18.9 Å². The molecule has 0 aromatic heterocycles. The van der Waals surface area contributed by atoms with Gasteiger partial charge in [-0.3, -0.25) is 14.4 Å². The quantitative estimate of drug-likeness (QED) is 0.660. The fraction of sp³-hybridized carbons (Fsp3) is 0.250. The number of halogens is 2. The zero-order valence-corrected chi connectivity index (χ0v) is 16.0. The van der Waals surface area contributed by atoms with Crippen LogP contribution in [0.2, 0.25) is 5.02 Å². The Balaban J connectivity index is 1.84. The Hall–Kier alpha value is -2.93. The molecule has 0 fully saturated rings. The highest BCUT2D eigenvalue weighted by molar-refractivity contribution is 6.30. The van der Waals surface area contributed by atoms with Crippen molar-refractivity contribution in [3.8, 4) is 0 Å². The maximum absolute atomic E-state index is 13.5. The van der Waals surface area contributed by atoms with Gasteiger partial charge in [0.2, 0.25) is 5.91 Å². The van der Waals surface area contributed by atoms with Crippen LogP contribution in [-0.4, -0.2) is 24.4 Å². The predicted molar refractivity (Wildman–Crippen MR) is 102 cm³/mol. The number of hydrogen-bond donors (Lipinski definition) is 2. The number of ether oxygens (including phenoxy) is 1. The van der Waals surface area contributed by atoms with Gasteiger partial charge in [0, 0.05) is 24.1 Å². The normalized spacial score (nSPS) is 11.4. The Bertz CT molecular complexity index is 842. The second-order valence-electron chi connectivity index (χ2n) is 6.04. The highest BCUT2D eigenvalue weighted by Crippen LogP contribution is 2.20. The first kappa shape index (κ1) is 21.4. The Labute approximate surface area is 167 Å². The van der Waals surface area contributed by atoms with Gasteiger partial charge in [-0.05, 0) is 23.8 Å². The average Bonchev–Trinajstić information content (AvgIpc) is 2.65. The molecule has 2 aromatic carbocycles. The molecular weight excluding hydrogens is 387 g/mol. The molecule has 2 rings (SSSR count). The van der Waals surface area contributed by atoms with Gasteiger partial charge in [-0.2, -0.15) is 0 Å². The number of hydrogen-bond acceptors (Lipinski definition) is 4. The number of rotatable bonds is 8. The van der Waals surface area contributed by atoms with E-state index in [0.717, 1.165) is 0 Å². The topological polar surface area (TPSA) is 84.5 Å². The van der Waals surface area contributed by atoms with Gasteiger partial charge in [0.05, 0.1) is 12.5 Å². The lowest BCUT2D eigenvalue weighted by Gasteiger charge is -2.17. The number of nitrogens with one attached hydrogen (secondary N) is 2. The predicted octanol–water partition coefficient (Wildman–Crippen LogP) is 2.91. The van der Waals surface area contributed by atoms with Crippen molar-refractivity contribution in [2.24, 2.45) is 0 Å². The third-order valence-corrected chi connectivity index (χ3v) is 4.07. The van der Waals surface area contributed by atoms with Crippen LogP contribution in [0.3, 0.4) is 0 Å². The third kappa shape index (κ3) is 7.00. The van der Waals surface area contributed by atoms with Crippen LogP contribution in [0.25, 0.3) is 0 Å². The molecular formula is C20H20ClFN2O4.